The lowest BCUT2D eigenvalue weighted by Gasteiger charge is -2.17. The number of carbonyl (C=O) groups excluding carboxylic acids is 1. The molecular weight excluding hydrogens is 254 g/mol. The molecule has 0 saturated heterocycles. The van der Waals surface area contributed by atoms with Gasteiger partial charge in [0.1, 0.15) is 0 Å². The number of nitrogens with one attached hydrogen (secondary N) is 1. The van der Waals surface area contributed by atoms with E-state index in [0.29, 0.717) is 18.4 Å². The Balaban J connectivity index is 1.59. The van der Waals surface area contributed by atoms with Crippen LogP contribution in [0.3, 0.4) is 0 Å². The summed E-state index contributed by atoms with van der Waals surface area (Å²) in [7, 11) is 0. The summed E-state index contributed by atoms with van der Waals surface area (Å²) in [5.74, 6) is 0.197. The average Bonchev–Trinajstić information content (AvgIpc) is 3.07. The van der Waals surface area contributed by atoms with Crippen molar-refractivity contribution in [1.29, 1.82) is 0 Å². The summed E-state index contributed by atoms with van der Waals surface area (Å²) >= 11 is 0. The molecule has 1 aromatic carbocycles. The van der Waals surface area contributed by atoms with Crippen molar-refractivity contribution in [2.24, 2.45) is 17.8 Å². The normalized spacial score (nSPS) is 26.7. The van der Waals surface area contributed by atoms with Gasteiger partial charge in [-0.05, 0) is 42.4 Å². The van der Waals surface area contributed by atoms with E-state index in [2.05, 4.69) is 17.5 Å². The van der Waals surface area contributed by atoms with Crippen molar-refractivity contribution in [3.63, 3.8) is 0 Å². The number of hydrogen-bond donors (Lipinski definition) is 2. The number of benzene rings is 1. The summed E-state index contributed by atoms with van der Waals surface area (Å²) in [4.78, 5) is 23.1. The summed E-state index contributed by atoms with van der Waals surface area (Å²) in [5.41, 5.74) is 1.07. The highest BCUT2D eigenvalue weighted by molar-refractivity contribution is 5.87. The van der Waals surface area contributed by atoms with Crippen LogP contribution in [0.2, 0.25) is 0 Å². The monoisotopic (exact) mass is 271 g/mol. The summed E-state index contributed by atoms with van der Waals surface area (Å²) in [6.45, 7) is 0.386. The van der Waals surface area contributed by atoms with Crippen molar-refractivity contribution in [3.8, 4) is 0 Å². The molecule has 4 heteroatoms. The van der Waals surface area contributed by atoms with Crippen molar-refractivity contribution in [1.82, 2.24) is 5.32 Å². The van der Waals surface area contributed by atoms with Crippen molar-refractivity contribution >= 4 is 11.9 Å². The molecule has 2 aliphatic carbocycles. The van der Waals surface area contributed by atoms with Crippen LogP contribution in [-0.4, -0.2) is 17.0 Å². The lowest BCUT2D eigenvalue weighted by molar-refractivity contribution is -0.125. The molecule has 3 rings (SSSR count). The minimum atomic E-state index is -0.948. The van der Waals surface area contributed by atoms with Crippen LogP contribution >= 0.6 is 0 Å². The first-order valence-corrected chi connectivity index (χ1v) is 6.92. The van der Waals surface area contributed by atoms with Gasteiger partial charge in [0, 0.05) is 12.5 Å². The Kier molecular flexibility index (Phi) is 3.30. The van der Waals surface area contributed by atoms with Crippen molar-refractivity contribution in [2.45, 2.75) is 19.4 Å². The third-order valence-corrected chi connectivity index (χ3v) is 4.26. The van der Waals surface area contributed by atoms with Gasteiger partial charge in [-0.3, -0.25) is 4.79 Å². The highest BCUT2D eigenvalue weighted by Crippen LogP contribution is 2.43. The minimum Gasteiger partial charge on any atom is -0.478 e. The van der Waals surface area contributed by atoms with Gasteiger partial charge in [-0.25, -0.2) is 4.79 Å². The molecule has 0 aliphatic heterocycles. The average molecular weight is 271 g/mol. The number of amides is 1. The second-order valence-electron chi connectivity index (χ2n) is 5.61. The third-order valence-electron chi connectivity index (χ3n) is 4.26. The molecule has 2 N–H and O–H groups in total. The molecule has 4 nitrogen and oxygen atoms in total. The third kappa shape index (κ3) is 2.46. The Hall–Kier alpha value is -2.10. The fraction of sp³-hybridized carbons (Fsp3) is 0.375. The van der Waals surface area contributed by atoms with E-state index in [9.17, 15) is 9.59 Å². The summed E-state index contributed by atoms with van der Waals surface area (Å²) < 4.78 is 0. The first kappa shape index (κ1) is 12.9. The lowest BCUT2D eigenvalue weighted by Crippen LogP contribution is -2.32. The van der Waals surface area contributed by atoms with Gasteiger partial charge in [0.2, 0.25) is 5.91 Å². The van der Waals surface area contributed by atoms with Crippen molar-refractivity contribution in [2.75, 3.05) is 0 Å². The Morgan fingerprint density at radius 1 is 1.25 bits per heavy atom. The number of rotatable bonds is 4. The van der Waals surface area contributed by atoms with Crippen LogP contribution < -0.4 is 5.32 Å². The number of aromatic carboxylic acids is 1. The van der Waals surface area contributed by atoms with E-state index >= 15 is 0 Å². The second-order valence-corrected chi connectivity index (χ2v) is 5.61. The summed E-state index contributed by atoms with van der Waals surface area (Å²) in [6, 6.07) is 6.68. The Bertz CT molecular complexity index is 579. The van der Waals surface area contributed by atoms with Crippen molar-refractivity contribution in [3.05, 3.63) is 47.5 Å². The molecule has 2 bridgehead atoms. The standard InChI is InChI=1S/C16H17NO3/c18-15(14-8-10-4-5-12(14)6-10)17-9-11-2-1-3-13(7-11)16(19)20/h1-5,7,10,12,14H,6,8-9H2,(H,17,18)(H,19,20)/t10-,12-,14+/m0/s1. The number of hydrogen-bond acceptors (Lipinski definition) is 2. The molecule has 20 heavy (non-hydrogen) atoms. The largest absolute Gasteiger partial charge is 0.478 e. The van der Waals surface area contributed by atoms with Gasteiger partial charge in [-0.1, -0.05) is 24.3 Å². The van der Waals surface area contributed by atoms with Gasteiger partial charge in [-0.2, -0.15) is 0 Å². The molecule has 1 saturated carbocycles. The molecule has 3 atom stereocenters. The Labute approximate surface area is 117 Å². The summed E-state index contributed by atoms with van der Waals surface area (Å²) in [6.07, 6.45) is 6.42. The zero-order chi connectivity index (χ0) is 14.1. The van der Waals surface area contributed by atoms with E-state index in [1.54, 1.807) is 18.2 Å². The predicted octanol–water partition coefficient (Wildman–Crippen LogP) is 2.21. The van der Waals surface area contributed by atoms with Crippen LogP contribution in [0, 0.1) is 17.8 Å². The topological polar surface area (TPSA) is 66.4 Å². The van der Waals surface area contributed by atoms with E-state index < -0.39 is 5.97 Å². The first-order chi connectivity index (χ1) is 9.63. The maximum absolute atomic E-state index is 12.2. The highest BCUT2D eigenvalue weighted by atomic mass is 16.4. The van der Waals surface area contributed by atoms with Gasteiger partial charge in [0.05, 0.1) is 5.56 Å². The summed E-state index contributed by atoms with van der Waals surface area (Å²) in [5, 5.41) is 11.9. The number of fused-ring (bicyclic) bond motifs is 2. The van der Waals surface area contributed by atoms with E-state index in [1.165, 1.54) is 0 Å². The Morgan fingerprint density at radius 3 is 2.75 bits per heavy atom. The maximum Gasteiger partial charge on any atom is 0.335 e. The number of allylic oxidation sites excluding steroid dienone is 2. The van der Waals surface area contributed by atoms with Crippen LogP contribution in [-0.2, 0) is 11.3 Å². The van der Waals surface area contributed by atoms with E-state index in [1.807, 2.05) is 6.07 Å². The molecule has 1 aromatic rings. The zero-order valence-electron chi connectivity index (χ0n) is 11.1. The number of carboxylic acid groups (broad SMARTS) is 1. The molecule has 0 radical (unpaired) electrons. The molecular formula is C16H17NO3. The van der Waals surface area contributed by atoms with Gasteiger partial charge in [-0.15, -0.1) is 0 Å². The van der Waals surface area contributed by atoms with Crippen LogP contribution in [0.5, 0.6) is 0 Å². The first-order valence-electron chi connectivity index (χ1n) is 6.92. The molecule has 0 heterocycles. The lowest BCUT2D eigenvalue weighted by atomic mass is 9.93. The second kappa shape index (κ2) is 5.12. The molecule has 0 aromatic heterocycles. The SMILES string of the molecule is O=C(O)c1cccc(CNC(=O)[C@@H]2C[C@H]3C=C[C@H]2C3)c1. The number of carbonyl (C=O) groups is 2. The smallest absolute Gasteiger partial charge is 0.335 e. The van der Waals surface area contributed by atoms with Gasteiger partial charge < -0.3 is 10.4 Å². The van der Waals surface area contributed by atoms with E-state index in [-0.39, 0.29) is 17.4 Å². The van der Waals surface area contributed by atoms with Crippen LogP contribution in [0.25, 0.3) is 0 Å². The minimum absolute atomic E-state index is 0.0857. The molecule has 104 valence electrons. The van der Waals surface area contributed by atoms with Crippen LogP contribution in [0.1, 0.15) is 28.8 Å². The maximum atomic E-state index is 12.2. The Morgan fingerprint density at radius 2 is 2.10 bits per heavy atom. The molecule has 0 spiro atoms. The van der Waals surface area contributed by atoms with Crippen LogP contribution in [0.4, 0.5) is 0 Å². The molecule has 1 fully saturated rings. The molecule has 0 unspecified atom stereocenters. The van der Waals surface area contributed by atoms with Gasteiger partial charge in [0.15, 0.2) is 0 Å². The van der Waals surface area contributed by atoms with Crippen molar-refractivity contribution < 1.29 is 14.7 Å². The molecule has 2 aliphatic rings. The predicted molar refractivity (Wildman–Crippen MR) is 74.1 cm³/mol. The fourth-order valence-corrected chi connectivity index (χ4v) is 3.22. The fourth-order valence-electron chi connectivity index (χ4n) is 3.22. The quantitative estimate of drug-likeness (QED) is 0.825. The van der Waals surface area contributed by atoms with E-state index in [0.717, 1.165) is 18.4 Å². The van der Waals surface area contributed by atoms with Crippen LogP contribution in [0.15, 0.2) is 36.4 Å². The number of carboxylic acids is 1. The highest BCUT2D eigenvalue weighted by Gasteiger charge is 2.39. The van der Waals surface area contributed by atoms with Gasteiger partial charge in [0.25, 0.3) is 0 Å². The molecule has 1 amide bonds. The van der Waals surface area contributed by atoms with Gasteiger partial charge >= 0.3 is 5.97 Å². The van der Waals surface area contributed by atoms with E-state index in [4.69, 9.17) is 5.11 Å². The zero-order valence-corrected chi connectivity index (χ0v) is 11.1.